The lowest BCUT2D eigenvalue weighted by Gasteiger charge is -2.28. The largest absolute Gasteiger partial charge is 0.446 e. The predicted octanol–water partition coefficient (Wildman–Crippen LogP) is 5.24. The van der Waals surface area contributed by atoms with Crippen LogP contribution in [0.25, 0.3) is 11.3 Å². The fraction of sp³-hybridized carbons (Fsp3) is 0.333. The molecule has 8 heteroatoms. The van der Waals surface area contributed by atoms with Gasteiger partial charge in [-0.25, -0.2) is 0 Å². The number of aryl methyl sites for hydroxylation is 1. The van der Waals surface area contributed by atoms with Crippen molar-refractivity contribution >= 4 is 34.7 Å². The van der Waals surface area contributed by atoms with E-state index in [0.717, 1.165) is 39.6 Å². The molecule has 1 amide bonds. The molecule has 0 saturated heterocycles. The van der Waals surface area contributed by atoms with Gasteiger partial charge in [0.15, 0.2) is 5.69 Å². The van der Waals surface area contributed by atoms with Gasteiger partial charge in [-0.15, -0.1) is 21.5 Å². The van der Waals surface area contributed by atoms with Gasteiger partial charge in [-0.05, 0) is 31.5 Å². The molecule has 0 radical (unpaired) electrons. The van der Waals surface area contributed by atoms with Gasteiger partial charge in [0, 0.05) is 23.1 Å². The third kappa shape index (κ3) is 4.00. The Bertz CT molecular complexity index is 1040. The predicted molar refractivity (Wildman–Crippen MR) is 116 cm³/mol. The SMILES string of the molecule is CCCCSc1nnc2c(n1)O[C@@H](c1ccc(C)s1)N(C(C)=O)c1ccccc1-2. The zero-order valence-electron chi connectivity index (χ0n) is 16.6. The number of para-hydroxylation sites is 1. The van der Waals surface area contributed by atoms with Crippen molar-refractivity contribution in [2.75, 3.05) is 10.7 Å². The summed E-state index contributed by atoms with van der Waals surface area (Å²) in [6.07, 6.45) is 1.60. The summed E-state index contributed by atoms with van der Waals surface area (Å²) >= 11 is 3.18. The fourth-order valence-electron chi connectivity index (χ4n) is 3.19. The first-order valence-electron chi connectivity index (χ1n) is 9.58. The lowest BCUT2D eigenvalue weighted by molar-refractivity contribution is -0.118. The van der Waals surface area contributed by atoms with Crippen LogP contribution in [0.3, 0.4) is 0 Å². The van der Waals surface area contributed by atoms with Crippen LogP contribution in [-0.4, -0.2) is 26.8 Å². The minimum Gasteiger partial charge on any atom is -0.446 e. The van der Waals surface area contributed by atoms with Crippen LogP contribution < -0.4 is 9.64 Å². The molecule has 1 aliphatic rings. The molecule has 0 spiro atoms. The Hall–Kier alpha value is -2.45. The van der Waals surface area contributed by atoms with Gasteiger partial charge in [-0.2, -0.15) is 4.98 Å². The van der Waals surface area contributed by atoms with Crippen LogP contribution in [0.15, 0.2) is 41.6 Å². The number of nitrogens with zero attached hydrogens (tertiary/aromatic N) is 4. The highest BCUT2D eigenvalue weighted by atomic mass is 32.2. The van der Waals surface area contributed by atoms with Gasteiger partial charge in [0.1, 0.15) is 0 Å². The van der Waals surface area contributed by atoms with E-state index in [1.807, 2.05) is 43.3 Å². The number of thiophene rings is 1. The maximum absolute atomic E-state index is 12.7. The second-order valence-corrected chi connectivity index (χ2v) is 9.16. The van der Waals surface area contributed by atoms with Crippen LogP contribution in [0.2, 0.25) is 0 Å². The maximum atomic E-state index is 12.7. The number of rotatable bonds is 5. The molecule has 29 heavy (non-hydrogen) atoms. The number of thioether (sulfide) groups is 1. The Morgan fingerprint density at radius 3 is 2.79 bits per heavy atom. The normalized spacial score (nSPS) is 15.3. The van der Waals surface area contributed by atoms with E-state index in [2.05, 4.69) is 22.1 Å². The molecule has 150 valence electrons. The van der Waals surface area contributed by atoms with E-state index in [-0.39, 0.29) is 5.91 Å². The molecule has 0 fully saturated rings. The molecular formula is C21H22N4O2S2. The van der Waals surface area contributed by atoms with E-state index in [9.17, 15) is 4.79 Å². The summed E-state index contributed by atoms with van der Waals surface area (Å²) in [5, 5.41) is 9.32. The van der Waals surface area contributed by atoms with E-state index in [1.54, 1.807) is 34.9 Å². The third-order valence-electron chi connectivity index (χ3n) is 4.58. The summed E-state index contributed by atoms with van der Waals surface area (Å²) in [5.74, 6) is 1.23. The molecule has 0 bridgehead atoms. The molecule has 2 aromatic heterocycles. The van der Waals surface area contributed by atoms with Crippen molar-refractivity contribution in [3.63, 3.8) is 0 Å². The molecule has 0 saturated carbocycles. The van der Waals surface area contributed by atoms with Gasteiger partial charge in [0.05, 0.1) is 10.6 Å². The van der Waals surface area contributed by atoms with Gasteiger partial charge in [0.2, 0.25) is 23.2 Å². The maximum Gasteiger partial charge on any atom is 0.247 e. The number of aromatic nitrogens is 3. The molecular weight excluding hydrogens is 404 g/mol. The van der Waals surface area contributed by atoms with Crippen molar-refractivity contribution in [3.8, 4) is 17.1 Å². The second kappa shape index (κ2) is 8.51. The van der Waals surface area contributed by atoms with Crippen LogP contribution in [0, 0.1) is 6.92 Å². The number of benzene rings is 1. The molecule has 1 aromatic carbocycles. The average molecular weight is 427 g/mol. The number of hydrogen-bond acceptors (Lipinski definition) is 7. The van der Waals surface area contributed by atoms with Gasteiger partial charge in [-0.1, -0.05) is 43.3 Å². The van der Waals surface area contributed by atoms with Crippen LogP contribution in [-0.2, 0) is 4.79 Å². The summed E-state index contributed by atoms with van der Waals surface area (Å²) < 4.78 is 6.35. The first kappa shape index (κ1) is 19.8. The summed E-state index contributed by atoms with van der Waals surface area (Å²) in [6, 6.07) is 11.7. The highest BCUT2D eigenvalue weighted by Gasteiger charge is 2.35. The summed E-state index contributed by atoms with van der Waals surface area (Å²) in [4.78, 5) is 21.1. The van der Waals surface area contributed by atoms with Crippen LogP contribution in [0.5, 0.6) is 5.88 Å². The van der Waals surface area contributed by atoms with Crippen molar-refractivity contribution in [2.45, 2.75) is 45.0 Å². The Kier molecular flexibility index (Phi) is 5.82. The van der Waals surface area contributed by atoms with Crippen molar-refractivity contribution < 1.29 is 9.53 Å². The molecule has 0 N–H and O–H groups in total. The molecule has 3 aromatic rings. The third-order valence-corrected chi connectivity index (χ3v) is 6.54. The van der Waals surface area contributed by atoms with E-state index in [0.29, 0.717) is 16.7 Å². The van der Waals surface area contributed by atoms with Crippen molar-refractivity contribution in [2.24, 2.45) is 0 Å². The first-order valence-corrected chi connectivity index (χ1v) is 11.4. The zero-order chi connectivity index (χ0) is 20.4. The standard InChI is InChI=1S/C21H22N4O2S2/c1-4-5-12-28-21-22-19-18(23-24-21)15-8-6-7-9-16(15)25(14(3)26)20(27-19)17-11-10-13(2)29-17/h6-11,20H,4-5,12H2,1-3H3/t20-/m0/s1. The number of carbonyl (C=O) groups is 1. The Morgan fingerprint density at radius 1 is 1.24 bits per heavy atom. The van der Waals surface area contributed by atoms with Gasteiger partial charge in [-0.3, -0.25) is 9.69 Å². The molecule has 4 rings (SSSR count). The monoisotopic (exact) mass is 426 g/mol. The smallest absolute Gasteiger partial charge is 0.247 e. The minimum absolute atomic E-state index is 0.105. The summed E-state index contributed by atoms with van der Waals surface area (Å²) in [7, 11) is 0. The van der Waals surface area contributed by atoms with Crippen LogP contribution in [0.1, 0.15) is 42.7 Å². The number of carbonyl (C=O) groups excluding carboxylic acids is 1. The molecule has 3 heterocycles. The van der Waals surface area contributed by atoms with Crippen molar-refractivity contribution in [1.29, 1.82) is 0 Å². The van der Waals surface area contributed by atoms with Crippen molar-refractivity contribution in [3.05, 3.63) is 46.2 Å². The Morgan fingerprint density at radius 2 is 2.07 bits per heavy atom. The Balaban J connectivity index is 1.84. The van der Waals surface area contributed by atoms with Crippen LogP contribution >= 0.6 is 23.1 Å². The molecule has 1 aliphatic heterocycles. The van der Waals surface area contributed by atoms with Gasteiger partial charge >= 0.3 is 0 Å². The minimum atomic E-state index is -0.598. The topological polar surface area (TPSA) is 68.2 Å². The second-order valence-electron chi connectivity index (χ2n) is 6.77. The van der Waals surface area contributed by atoms with Gasteiger partial charge in [0.25, 0.3) is 0 Å². The highest BCUT2D eigenvalue weighted by Crippen LogP contribution is 2.44. The number of anilines is 1. The Labute approximate surface area is 178 Å². The van der Waals surface area contributed by atoms with Crippen molar-refractivity contribution in [1.82, 2.24) is 15.2 Å². The number of unbranched alkanes of at least 4 members (excludes halogenated alkanes) is 1. The van der Waals surface area contributed by atoms with E-state index in [4.69, 9.17) is 4.74 Å². The zero-order valence-corrected chi connectivity index (χ0v) is 18.2. The number of ether oxygens (including phenoxy) is 1. The summed E-state index contributed by atoms with van der Waals surface area (Å²) in [5.41, 5.74) is 2.10. The van der Waals surface area contributed by atoms with Crippen LogP contribution in [0.4, 0.5) is 5.69 Å². The number of fused-ring (bicyclic) bond motifs is 3. The lowest BCUT2D eigenvalue weighted by Crippen LogP contribution is -2.35. The summed E-state index contributed by atoms with van der Waals surface area (Å²) in [6.45, 7) is 5.74. The van der Waals surface area contributed by atoms with Gasteiger partial charge < -0.3 is 4.74 Å². The quantitative estimate of drug-likeness (QED) is 0.410. The fourth-order valence-corrected chi connectivity index (χ4v) is 4.95. The highest BCUT2D eigenvalue weighted by molar-refractivity contribution is 7.99. The number of hydrogen-bond donors (Lipinski definition) is 0. The van der Waals surface area contributed by atoms with E-state index >= 15 is 0 Å². The molecule has 1 atom stereocenters. The molecule has 0 aliphatic carbocycles. The molecule has 0 unspecified atom stereocenters. The van der Waals surface area contributed by atoms with E-state index < -0.39 is 6.23 Å². The first-order chi connectivity index (χ1) is 14.1. The average Bonchev–Trinajstić information content (AvgIpc) is 3.08. The number of amides is 1. The van der Waals surface area contributed by atoms with E-state index in [1.165, 1.54) is 0 Å². The lowest BCUT2D eigenvalue weighted by atomic mass is 10.1. The molecule has 6 nitrogen and oxygen atoms in total.